The van der Waals surface area contributed by atoms with E-state index in [9.17, 15) is 9.18 Å². The zero-order valence-electron chi connectivity index (χ0n) is 15.0. The summed E-state index contributed by atoms with van der Waals surface area (Å²) in [4.78, 5) is 20.8. The number of fused-ring (bicyclic) bond motifs is 1. The average molecular weight is 404 g/mol. The Morgan fingerprint density at radius 3 is 2.67 bits per heavy atom. The van der Waals surface area contributed by atoms with Crippen molar-refractivity contribution in [2.24, 2.45) is 0 Å². The quantitative estimate of drug-likeness (QED) is 0.560. The smallest absolute Gasteiger partial charge is 0.252 e. The van der Waals surface area contributed by atoms with Crippen LogP contribution in [0.25, 0.3) is 16.3 Å². The molecule has 2 aromatic carbocycles. The van der Waals surface area contributed by atoms with Gasteiger partial charge in [0.25, 0.3) is 5.91 Å². The van der Waals surface area contributed by atoms with Crippen LogP contribution in [0.4, 0.5) is 9.52 Å². The zero-order valence-corrected chi connectivity index (χ0v) is 16.6. The lowest BCUT2D eigenvalue weighted by molar-refractivity contribution is -0.114. The molecule has 3 aromatic rings. The molecule has 1 heterocycles. The molecular formula is C20H19ClFN3OS. The summed E-state index contributed by atoms with van der Waals surface area (Å²) < 4.78 is 14.7. The average Bonchev–Trinajstić information content (AvgIpc) is 3.06. The first-order chi connectivity index (χ1) is 13.0. The van der Waals surface area contributed by atoms with Gasteiger partial charge < -0.3 is 4.90 Å². The van der Waals surface area contributed by atoms with Crippen LogP contribution >= 0.6 is 22.9 Å². The molecule has 0 bridgehead atoms. The van der Waals surface area contributed by atoms with Crippen molar-refractivity contribution in [3.63, 3.8) is 0 Å². The van der Waals surface area contributed by atoms with Crippen molar-refractivity contribution in [1.82, 2.24) is 9.88 Å². The first-order valence-corrected chi connectivity index (χ1v) is 9.59. The van der Waals surface area contributed by atoms with E-state index in [0.717, 1.165) is 5.56 Å². The number of aromatic nitrogens is 1. The highest BCUT2D eigenvalue weighted by Crippen LogP contribution is 2.30. The Hall–Kier alpha value is -2.28. The van der Waals surface area contributed by atoms with Crippen LogP contribution < -0.4 is 4.90 Å². The van der Waals surface area contributed by atoms with Gasteiger partial charge in [-0.2, -0.15) is 0 Å². The minimum atomic E-state index is -0.387. The topological polar surface area (TPSA) is 36.4 Å². The molecule has 0 aliphatic heterocycles. The molecule has 1 amide bonds. The third-order valence-corrected chi connectivity index (χ3v) is 5.32. The highest BCUT2D eigenvalue weighted by atomic mass is 35.5. The number of hydrogen-bond donors (Lipinski definition) is 0. The molecule has 0 fully saturated rings. The molecule has 0 aliphatic rings. The minimum absolute atomic E-state index is 0.226. The highest BCUT2D eigenvalue weighted by molar-refractivity contribution is 7.22. The van der Waals surface area contributed by atoms with Gasteiger partial charge in [-0.15, -0.1) is 0 Å². The minimum Gasteiger partial charge on any atom is -0.308 e. The number of amides is 1. The number of thiazole rings is 1. The second-order valence-corrected chi connectivity index (χ2v) is 7.65. The number of carbonyl (C=O) groups is 1. The van der Waals surface area contributed by atoms with Gasteiger partial charge in [0.15, 0.2) is 5.13 Å². The molecule has 0 radical (unpaired) electrons. The number of halogens is 2. The number of likely N-dealkylation sites (N-methyl/N-ethyl adjacent to an activating group) is 1. The standard InChI is InChI=1S/C20H19ClFN3OS/c1-24(2)12-13-25(18(26)11-10-14-6-3-4-7-15(14)21)20-23-19-16(22)8-5-9-17(19)27-20/h3-11H,12-13H2,1-2H3. The fourth-order valence-electron chi connectivity index (χ4n) is 2.48. The largest absolute Gasteiger partial charge is 0.308 e. The molecular weight excluding hydrogens is 385 g/mol. The Morgan fingerprint density at radius 1 is 1.19 bits per heavy atom. The first kappa shape index (κ1) is 19.5. The SMILES string of the molecule is CN(C)CCN(C(=O)C=Cc1ccccc1Cl)c1nc2c(F)cccc2s1. The van der Waals surface area contributed by atoms with Gasteiger partial charge in [0.05, 0.1) is 4.70 Å². The van der Waals surface area contributed by atoms with Crippen LogP contribution in [-0.2, 0) is 4.79 Å². The van der Waals surface area contributed by atoms with Crippen molar-refractivity contribution in [3.8, 4) is 0 Å². The fourth-order valence-corrected chi connectivity index (χ4v) is 3.69. The number of benzene rings is 2. The van der Waals surface area contributed by atoms with Crippen LogP contribution in [0.3, 0.4) is 0 Å². The monoisotopic (exact) mass is 403 g/mol. The lowest BCUT2D eigenvalue weighted by atomic mass is 10.2. The molecule has 0 unspecified atom stereocenters. The van der Waals surface area contributed by atoms with Crippen molar-refractivity contribution in [1.29, 1.82) is 0 Å². The Balaban J connectivity index is 1.91. The van der Waals surface area contributed by atoms with Gasteiger partial charge in [-0.05, 0) is 43.9 Å². The normalized spacial score (nSPS) is 11.6. The highest BCUT2D eigenvalue weighted by Gasteiger charge is 2.19. The third-order valence-electron chi connectivity index (χ3n) is 3.94. The van der Waals surface area contributed by atoms with E-state index in [1.54, 1.807) is 29.2 Å². The molecule has 140 valence electrons. The molecule has 7 heteroatoms. The summed E-state index contributed by atoms with van der Waals surface area (Å²) in [5.74, 6) is -0.613. The maximum atomic E-state index is 14.0. The molecule has 0 N–H and O–H groups in total. The lowest BCUT2D eigenvalue weighted by Crippen LogP contribution is -2.35. The van der Waals surface area contributed by atoms with E-state index in [1.165, 1.54) is 23.5 Å². The Kier molecular flexibility index (Phi) is 6.21. The van der Waals surface area contributed by atoms with Crippen LogP contribution in [0.1, 0.15) is 5.56 Å². The lowest BCUT2D eigenvalue weighted by Gasteiger charge is -2.20. The molecule has 1 aromatic heterocycles. The van der Waals surface area contributed by atoms with E-state index in [2.05, 4.69) is 4.98 Å². The van der Waals surface area contributed by atoms with Crippen LogP contribution in [0, 0.1) is 5.82 Å². The van der Waals surface area contributed by atoms with Gasteiger partial charge in [-0.1, -0.05) is 47.2 Å². The number of hydrogen-bond acceptors (Lipinski definition) is 4. The fraction of sp³-hybridized carbons (Fsp3) is 0.200. The summed E-state index contributed by atoms with van der Waals surface area (Å²) in [5, 5.41) is 1.05. The van der Waals surface area contributed by atoms with Gasteiger partial charge in [-0.3, -0.25) is 9.69 Å². The summed E-state index contributed by atoms with van der Waals surface area (Å²) in [6.45, 7) is 1.10. The predicted molar refractivity (Wildman–Crippen MR) is 111 cm³/mol. The van der Waals surface area contributed by atoms with E-state index >= 15 is 0 Å². The summed E-state index contributed by atoms with van der Waals surface area (Å²) in [6, 6.07) is 12.1. The number of rotatable bonds is 6. The van der Waals surface area contributed by atoms with Crippen molar-refractivity contribution >= 4 is 50.3 Å². The van der Waals surface area contributed by atoms with E-state index in [1.807, 2.05) is 37.2 Å². The van der Waals surface area contributed by atoms with E-state index in [0.29, 0.717) is 27.9 Å². The van der Waals surface area contributed by atoms with Crippen molar-refractivity contribution < 1.29 is 9.18 Å². The molecule has 0 saturated heterocycles. The van der Waals surface area contributed by atoms with Gasteiger partial charge in [-0.25, -0.2) is 9.37 Å². The van der Waals surface area contributed by atoms with Crippen molar-refractivity contribution in [3.05, 3.63) is 64.9 Å². The van der Waals surface area contributed by atoms with Crippen molar-refractivity contribution in [2.75, 3.05) is 32.1 Å². The van der Waals surface area contributed by atoms with Gasteiger partial charge >= 0.3 is 0 Å². The third kappa shape index (κ3) is 4.71. The van der Waals surface area contributed by atoms with Crippen LogP contribution in [-0.4, -0.2) is 43.0 Å². The Morgan fingerprint density at radius 2 is 1.96 bits per heavy atom. The number of carbonyl (C=O) groups excluding carboxylic acids is 1. The molecule has 3 rings (SSSR count). The van der Waals surface area contributed by atoms with Crippen LogP contribution in [0.5, 0.6) is 0 Å². The summed E-state index contributed by atoms with van der Waals surface area (Å²) in [7, 11) is 3.86. The number of nitrogens with zero attached hydrogens (tertiary/aromatic N) is 3. The predicted octanol–water partition coefficient (Wildman–Crippen LogP) is 4.70. The second-order valence-electron chi connectivity index (χ2n) is 6.23. The maximum absolute atomic E-state index is 14.0. The van der Waals surface area contributed by atoms with E-state index in [-0.39, 0.29) is 17.2 Å². The summed E-state index contributed by atoms with van der Waals surface area (Å²) >= 11 is 7.44. The molecule has 0 atom stereocenters. The van der Waals surface area contributed by atoms with E-state index < -0.39 is 0 Å². The summed E-state index contributed by atoms with van der Waals surface area (Å²) in [5.41, 5.74) is 1.05. The van der Waals surface area contributed by atoms with Crippen molar-refractivity contribution in [2.45, 2.75) is 0 Å². The molecule has 0 spiro atoms. The molecule has 0 aliphatic carbocycles. The first-order valence-electron chi connectivity index (χ1n) is 8.39. The maximum Gasteiger partial charge on any atom is 0.252 e. The zero-order chi connectivity index (χ0) is 19.4. The molecule has 27 heavy (non-hydrogen) atoms. The van der Waals surface area contributed by atoms with Gasteiger partial charge in [0, 0.05) is 24.2 Å². The van der Waals surface area contributed by atoms with Crippen LogP contribution in [0.2, 0.25) is 5.02 Å². The summed E-state index contributed by atoms with van der Waals surface area (Å²) in [6.07, 6.45) is 3.15. The van der Waals surface area contributed by atoms with Crippen LogP contribution in [0.15, 0.2) is 48.5 Å². The van der Waals surface area contributed by atoms with Gasteiger partial charge in [0.1, 0.15) is 11.3 Å². The number of para-hydroxylation sites is 1. The van der Waals surface area contributed by atoms with E-state index in [4.69, 9.17) is 11.6 Å². The molecule has 4 nitrogen and oxygen atoms in total. The Labute approximate surface area is 166 Å². The Bertz CT molecular complexity index is 986. The number of anilines is 1. The molecule has 0 saturated carbocycles. The second kappa shape index (κ2) is 8.61. The van der Waals surface area contributed by atoms with Gasteiger partial charge in [0.2, 0.25) is 0 Å².